The minimum Gasteiger partial charge on any atom is -0.413 e. The third-order valence-electron chi connectivity index (χ3n) is 1.89. The van der Waals surface area contributed by atoms with Crippen molar-refractivity contribution in [1.82, 2.24) is 4.98 Å². The maximum Gasteiger partial charge on any atom is 0.308 e. The fourth-order valence-corrected chi connectivity index (χ4v) is 2.07. The lowest BCUT2D eigenvalue weighted by atomic mass is 10.2. The van der Waals surface area contributed by atoms with Crippen molar-refractivity contribution < 1.29 is 9.53 Å². The van der Waals surface area contributed by atoms with Gasteiger partial charge in [0, 0.05) is 17.5 Å². The molecule has 1 aromatic heterocycles. The lowest BCUT2D eigenvalue weighted by Crippen LogP contribution is -2.00. The molecule has 3 nitrogen and oxygen atoms in total. The number of aromatic nitrogens is 1. The third kappa shape index (κ3) is 2.40. The van der Waals surface area contributed by atoms with Crippen molar-refractivity contribution in [1.29, 1.82) is 0 Å². The van der Waals surface area contributed by atoms with Gasteiger partial charge in [-0.3, -0.25) is 4.79 Å². The van der Waals surface area contributed by atoms with Gasteiger partial charge in [0.2, 0.25) is 5.06 Å². The molecule has 0 saturated heterocycles. The molecule has 0 amide bonds. The van der Waals surface area contributed by atoms with Crippen LogP contribution in [0, 0.1) is 0 Å². The monoisotopic (exact) mass is 253 g/mol. The summed E-state index contributed by atoms with van der Waals surface area (Å²) in [5, 5.41) is 1.17. The van der Waals surface area contributed by atoms with Crippen molar-refractivity contribution in [3.05, 3.63) is 34.8 Å². The zero-order valence-electron chi connectivity index (χ0n) is 8.44. The summed E-state index contributed by atoms with van der Waals surface area (Å²) in [5.74, 6) is -0.348. The number of carbonyl (C=O) groups excluding carboxylic acids is 1. The van der Waals surface area contributed by atoms with Crippen LogP contribution >= 0.6 is 22.9 Å². The average Bonchev–Trinajstić information content (AvgIpc) is 2.66. The number of rotatable bonds is 2. The fourth-order valence-electron chi connectivity index (χ4n) is 1.24. The van der Waals surface area contributed by atoms with Crippen LogP contribution in [0.1, 0.15) is 6.92 Å². The minimum absolute atomic E-state index is 0.348. The molecule has 0 aliphatic carbocycles. The highest BCUT2D eigenvalue weighted by molar-refractivity contribution is 7.12. The van der Waals surface area contributed by atoms with Gasteiger partial charge in [-0.25, -0.2) is 4.98 Å². The molecule has 2 aromatic rings. The molecule has 2 rings (SSSR count). The van der Waals surface area contributed by atoms with Gasteiger partial charge in [-0.15, -0.1) is 0 Å². The van der Waals surface area contributed by atoms with E-state index in [1.807, 2.05) is 12.1 Å². The van der Waals surface area contributed by atoms with Crippen molar-refractivity contribution in [2.75, 3.05) is 0 Å². The number of ether oxygens (including phenoxy) is 1. The first kappa shape index (κ1) is 11.1. The fraction of sp³-hybridized carbons (Fsp3) is 0.0909. The Morgan fingerprint density at radius 3 is 2.69 bits per heavy atom. The van der Waals surface area contributed by atoms with Crippen molar-refractivity contribution in [3.8, 4) is 16.3 Å². The highest BCUT2D eigenvalue weighted by Gasteiger charge is 2.11. The number of hydrogen-bond donors (Lipinski definition) is 0. The molecule has 0 bridgehead atoms. The molecule has 0 saturated carbocycles. The molecule has 0 aliphatic heterocycles. The maximum absolute atomic E-state index is 10.9. The Balaban J connectivity index is 2.36. The number of halogens is 1. The van der Waals surface area contributed by atoms with Crippen LogP contribution in [-0.2, 0) is 4.79 Å². The van der Waals surface area contributed by atoms with E-state index in [2.05, 4.69) is 4.98 Å². The average molecular weight is 254 g/mol. The van der Waals surface area contributed by atoms with Gasteiger partial charge in [0.1, 0.15) is 5.69 Å². The Morgan fingerprint density at radius 1 is 1.38 bits per heavy atom. The zero-order chi connectivity index (χ0) is 11.5. The molecule has 0 unspecified atom stereocenters. The summed E-state index contributed by atoms with van der Waals surface area (Å²) in [6, 6.07) is 7.22. The first-order chi connectivity index (χ1) is 7.66. The second kappa shape index (κ2) is 4.63. The van der Waals surface area contributed by atoms with Crippen LogP contribution in [0.15, 0.2) is 29.8 Å². The molecule has 82 valence electrons. The summed E-state index contributed by atoms with van der Waals surface area (Å²) in [6.07, 6.45) is 0. The molecule has 0 spiro atoms. The predicted molar refractivity (Wildman–Crippen MR) is 63.9 cm³/mol. The zero-order valence-corrected chi connectivity index (χ0v) is 10.0. The molecule has 5 heteroatoms. The first-order valence-electron chi connectivity index (χ1n) is 4.54. The predicted octanol–water partition coefficient (Wildman–Crippen LogP) is 3.39. The number of thiazole rings is 1. The van der Waals surface area contributed by atoms with Crippen LogP contribution in [0.3, 0.4) is 0 Å². The van der Waals surface area contributed by atoms with Gasteiger partial charge in [0.25, 0.3) is 0 Å². The van der Waals surface area contributed by atoms with E-state index in [4.69, 9.17) is 16.3 Å². The highest BCUT2D eigenvalue weighted by atomic mass is 35.5. The summed E-state index contributed by atoms with van der Waals surface area (Å²) >= 11 is 7.08. The van der Waals surface area contributed by atoms with Crippen LogP contribution in [-0.4, -0.2) is 11.0 Å². The number of esters is 1. The maximum atomic E-state index is 10.9. The normalized spacial score (nSPS) is 10.1. The Labute approximate surface area is 102 Å². The van der Waals surface area contributed by atoms with E-state index in [1.54, 1.807) is 17.6 Å². The van der Waals surface area contributed by atoms with E-state index >= 15 is 0 Å². The van der Waals surface area contributed by atoms with E-state index in [1.165, 1.54) is 18.3 Å². The van der Waals surface area contributed by atoms with Gasteiger partial charge >= 0.3 is 5.97 Å². The van der Waals surface area contributed by atoms with Gasteiger partial charge in [0.05, 0.1) is 5.51 Å². The number of carbonyl (C=O) groups is 1. The molecule has 0 radical (unpaired) electrons. The second-order valence-electron chi connectivity index (χ2n) is 3.09. The molecule has 1 heterocycles. The van der Waals surface area contributed by atoms with E-state index in [9.17, 15) is 4.79 Å². The Morgan fingerprint density at radius 2 is 2.06 bits per heavy atom. The van der Waals surface area contributed by atoms with Crippen molar-refractivity contribution in [3.63, 3.8) is 0 Å². The van der Waals surface area contributed by atoms with Crippen LogP contribution in [0.5, 0.6) is 5.06 Å². The largest absolute Gasteiger partial charge is 0.413 e. The Bertz CT molecular complexity index is 507. The van der Waals surface area contributed by atoms with Gasteiger partial charge in [-0.1, -0.05) is 35.1 Å². The topological polar surface area (TPSA) is 39.2 Å². The van der Waals surface area contributed by atoms with Crippen molar-refractivity contribution in [2.45, 2.75) is 6.92 Å². The summed E-state index contributed by atoms with van der Waals surface area (Å²) in [4.78, 5) is 15.1. The molecule has 1 aromatic carbocycles. The van der Waals surface area contributed by atoms with Crippen molar-refractivity contribution >= 4 is 28.9 Å². The minimum atomic E-state index is -0.348. The van der Waals surface area contributed by atoms with Crippen LogP contribution < -0.4 is 4.74 Å². The van der Waals surface area contributed by atoms with Gasteiger partial charge in [-0.2, -0.15) is 0 Å². The SMILES string of the molecule is CC(=O)Oc1scnc1-c1ccc(Cl)cc1. The van der Waals surface area contributed by atoms with Gasteiger partial charge < -0.3 is 4.74 Å². The molecular weight excluding hydrogens is 246 g/mol. The molecule has 16 heavy (non-hydrogen) atoms. The van der Waals surface area contributed by atoms with Crippen LogP contribution in [0.4, 0.5) is 0 Å². The lowest BCUT2D eigenvalue weighted by molar-refractivity contribution is -0.131. The Hall–Kier alpha value is -1.39. The molecule has 0 aliphatic rings. The number of hydrogen-bond acceptors (Lipinski definition) is 4. The molecule has 0 atom stereocenters. The summed E-state index contributed by atoms with van der Waals surface area (Å²) in [7, 11) is 0. The van der Waals surface area contributed by atoms with E-state index in [-0.39, 0.29) is 5.97 Å². The van der Waals surface area contributed by atoms with Crippen molar-refractivity contribution in [2.24, 2.45) is 0 Å². The third-order valence-corrected chi connectivity index (χ3v) is 2.84. The highest BCUT2D eigenvalue weighted by Crippen LogP contribution is 2.33. The summed E-state index contributed by atoms with van der Waals surface area (Å²) in [5.41, 5.74) is 3.18. The van der Waals surface area contributed by atoms with Crippen LogP contribution in [0.2, 0.25) is 5.02 Å². The quantitative estimate of drug-likeness (QED) is 0.770. The summed E-state index contributed by atoms with van der Waals surface area (Å²) < 4.78 is 5.05. The van der Waals surface area contributed by atoms with E-state index in [0.29, 0.717) is 15.8 Å². The lowest BCUT2D eigenvalue weighted by Gasteiger charge is -2.01. The molecular formula is C11H8ClNO2S. The first-order valence-corrected chi connectivity index (χ1v) is 5.80. The Kier molecular flexibility index (Phi) is 3.22. The molecule has 0 fully saturated rings. The summed E-state index contributed by atoms with van der Waals surface area (Å²) in [6.45, 7) is 1.37. The van der Waals surface area contributed by atoms with E-state index in [0.717, 1.165) is 5.56 Å². The van der Waals surface area contributed by atoms with Crippen LogP contribution in [0.25, 0.3) is 11.3 Å². The van der Waals surface area contributed by atoms with Gasteiger partial charge in [0.15, 0.2) is 0 Å². The smallest absolute Gasteiger partial charge is 0.308 e. The number of benzene rings is 1. The second-order valence-corrected chi connectivity index (χ2v) is 4.34. The standard InChI is InChI=1S/C11H8ClNO2S/c1-7(14)15-11-10(13-6-16-11)8-2-4-9(12)5-3-8/h2-6H,1H3. The van der Waals surface area contributed by atoms with E-state index < -0.39 is 0 Å². The van der Waals surface area contributed by atoms with Gasteiger partial charge in [-0.05, 0) is 12.1 Å². The molecule has 0 N–H and O–H groups in total. The number of nitrogens with zero attached hydrogens (tertiary/aromatic N) is 1.